The number of nitrogens with zero attached hydrogens (tertiary/aromatic N) is 1. The molecule has 1 aromatic heterocycles. The lowest BCUT2D eigenvalue weighted by molar-refractivity contribution is -0.115. The predicted octanol–water partition coefficient (Wildman–Crippen LogP) is 2.57. The summed E-state index contributed by atoms with van der Waals surface area (Å²) < 4.78 is 0. The Kier molecular flexibility index (Phi) is 4.41. The van der Waals surface area contributed by atoms with Gasteiger partial charge in [-0.1, -0.05) is 6.07 Å². The maximum atomic E-state index is 11.9. The van der Waals surface area contributed by atoms with Gasteiger partial charge in [-0.2, -0.15) is 0 Å². The van der Waals surface area contributed by atoms with Gasteiger partial charge in [-0.15, -0.1) is 11.8 Å². The fraction of sp³-hybridized carbons (Fsp3) is 0.143. The van der Waals surface area contributed by atoms with Gasteiger partial charge in [0.1, 0.15) is 0 Å². The third-order valence-corrected chi connectivity index (χ3v) is 3.27. The summed E-state index contributed by atoms with van der Waals surface area (Å²) in [5.74, 6) is -0.0875. The van der Waals surface area contributed by atoms with Gasteiger partial charge in [-0.05, 0) is 36.6 Å². The van der Waals surface area contributed by atoms with Crippen LogP contribution in [0, 0.1) is 0 Å². The van der Waals surface area contributed by atoms with Crippen molar-refractivity contribution in [3.8, 4) is 0 Å². The van der Waals surface area contributed by atoms with Crippen LogP contribution in [0.2, 0.25) is 0 Å². The molecule has 0 radical (unpaired) electrons. The molecule has 4 nitrogen and oxygen atoms in total. The minimum Gasteiger partial charge on any atom is -0.397 e. The second kappa shape index (κ2) is 6.24. The molecule has 1 heterocycles. The van der Waals surface area contributed by atoms with E-state index in [1.165, 1.54) is 0 Å². The second-order valence-electron chi connectivity index (χ2n) is 4.04. The number of nitrogens with two attached hydrogens (primary N) is 1. The third-order valence-electron chi connectivity index (χ3n) is 2.54. The standard InChI is InChI=1S/C14H15N3OS/c1-19-13-4-2-3-12(7-13)17-14(18)8-11-6-5-10(15)9-16-11/h2-7,9H,8,15H2,1H3,(H,17,18). The van der Waals surface area contributed by atoms with Gasteiger partial charge in [0.2, 0.25) is 5.91 Å². The lowest BCUT2D eigenvalue weighted by atomic mass is 10.2. The quantitative estimate of drug-likeness (QED) is 0.840. The Morgan fingerprint density at radius 1 is 1.37 bits per heavy atom. The van der Waals surface area contributed by atoms with Crippen LogP contribution in [0.4, 0.5) is 11.4 Å². The largest absolute Gasteiger partial charge is 0.397 e. The highest BCUT2D eigenvalue weighted by Gasteiger charge is 2.05. The molecule has 0 saturated heterocycles. The number of benzene rings is 1. The lowest BCUT2D eigenvalue weighted by Crippen LogP contribution is -2.15. The highest BCUT2D eigenvalue weighted by Crippen LogP contribution is 2.19. The van der Waals surface area contributed by atoms with Gasteiger partial charge in [0, 0.05) is 16.3 Å². The highest BCUT2D eigenvalue weighted by atomic mass is 32.2. The fourth-order valence-corrected chi connectivity index (χ4v) is 2.07. The van der Waals surface area contributed by atoms with Gasteiger partial charge in [0.15, 0.2) is 0 Å². The average Bonchev–Trinajstić information content (AvgIpc) is 2.41. The van der Waals surface area contributed by atoms with E-state index in [1.807, 2.05) is 30.5 Å². The minimum atomic E-state index is -0.0875. The zero-order valence-corrected chi connectivity index (χ0v) is 11.4. The minimum absolute atomic E-state index is 0.0875. The van der Waals surface area contributed by atoms with Gasteiger partial charge >= 0.3 is 0 Å². The number of nitrogens with one attached hydrogen (secondary N) is 1. The summed E-state index contributed by atoms with van der Waals surface area (Å²) >= 11 is 1.64. The molecule has 0 aliphatic rings. The van der Waals surface area contributed by atoms with Gasteiger partial charge in [-0.25, -0.2) is 0 Å². The summed E-state index contributed by atoms with van der Waals surface area (Å²) in [5, 5.41) is 2.86. The molecule has 0 fully saturated rings. The van der Waals surface area contributed by atoms with Crippen LogP contribution in [0.5, 0.6) is 0 Å². The molecule has 19 heavy (non-hydrogen) atoms. The molecule has 1 aromatic carbocycles. The van der Waals surface area contributed by atoms with Gasteiger partial charge in [-0.3, -0.25) is 9.78 Å². The molecule has 2 aromatic rings. The van der Waals surface area contributed by atoms with E-state index in [0.717, 1.165) is 10.6 Å². The van der Waals surface area contributed by atoms with Crippen LogP contribution in [0.1, 0.15) is 5.69 Å². The first-order valence-corrected chi connectivity index (χ1v) is 7.04. The molecule has 3 N–H and O–H groups in total. The molecular weight excluding hydrogens is 258 g/mol. The van der Waals surface area contributed by atoms with E-state index in [-0.39, 0.29) is 12.3 Å². The number of rotatable bonds is 4. The van der Waals surface area contributed by atoms with Crippen LogP contribution in [0.25, 0.3) is 0 Å². The fourth-order valence-electron chi connectivity index (χ4n) is 1.61. The van der Waals surface area contributed by atoms with Crippen molar-refractivity contribution in [3.05, 3.63) is 48.3 Å². The molecule has 0 aliphatic carbocycles. The van der Waals surface area contributed by atoms with Crippen LogP contribution in [0.3, 0.4) is 0 Å². The molecule has 0 aliphatic heterocycles. The predicted molar refractivity (Wildman–Crippen MR) is 79.2 cm³/mol. The van der Waals surface area contributed by atoms with Crippen molar-refractivity contribution in [3.63, 3.8) is 0 Å². The van der Waals surface area contributed by atoms with Crippen molar-refractivity contribution in [2.75, 3.05) is 17.3 Å². The van der Waals surface area contributed by atoms with Crippen LogP contribution >= 0.6 is 11.8 Å². The molecule has 2 rings (SSSR count). The van der Waals surface area contributed by atoms with Crippen molar-refractivity contribution in [1.29, 1.82) is 0 Å². The average molecular weight is 273 g/mol. The van der Waals surface area contributed by atoms with Crippen molar-refractivity contribution >= 4 is 29.0 Å². The Labute approximate surface area is 116 Å². The Hall–Kier alpha value is -2.01. The van der Waals surface area contributed by atoms with E-state index in [4.69, 9.17) is 5.73 Å². The van der Waals surface area contributed by atoms with Crippen LogP contribution < -0.4 is 11.1 Å². The van der Waals surface area contributed by atoms with E-state index in [1.54, 1.807) is 30.1 Å². The number of nitrogen functional groups attached to an aromatic ring is 1. The molecule has 0 unspecified atom stereocenters. The topological polar surface area (TPSA) is 68.0 Å². The molecule has 0 spiro atoms. The summed E-state index contributed by atoms with van der Waals surface area (Å²) in [6, 6.07) is 11.2. The first-order valence-electron chi connectivity index (χ1n) is 5.81. The maximum absolute atomic E-state index is 11.9. The maximum Gasteiger partial charge on any atom is 0.230 e. The number of anilines is 2. The molecule has 98 valence electrons. The van der Waals surface area contributed by atoms with Gasteiger partial charge < -0.3 is 11.1 Å². The summed E-state index contributed by atoms with van der Waals surface area (Å²) in [6.07, 6.45) is 3.79. The number of amides is 1. The van der Waals surface area contributed by atoms with E-state index >= 15 is 0 Å². The summed E-state index contributed by atoms with van der Waals surface area (Å²) in [7, 11) is 0. The van der Waals surface area contributed by atoms with E-state index in [0.29, 0.717) is 11.4 Å². The van der Waals surface area contributed by atoms with E-state index in [9.17, 15) is 4.79 Å². The van der Waals surface area contributed by atoms with Crippen molar-refractivity contribution in [2.45, 2.75) is 11.3 Å². The highest BCUT2D eigenvalue weighted by molar-refractivity contribution is 7.98. The Morgan fingerprint density at radius 2 is 2.21 bits per heavy atom. The van der Waals surface area contributed by atoms with Gasteiger partial charge in [0.05, 0.1) is 18.3 Å². The number of carbonyl (C=O) groups is 1. The third kappa shape index (κ3) is 3.99. The Balaban J connectivity index is 1.99. The number of thioether (sulfide) groups is 1. The number of pyridine rings is 1. The first-order chi connectivity index (χ1) is 9.17. The summed E-state index contributed by atoms with van der Waals surface area (Å²) in [4.78, 5) is 17.1. The zero-order chi connectivity index (χ0) is 13.7. The molecule has 5 heteroatoms. The molecule has 0 bridgehead atoms. The van der Waals surface area contributed by atoms with E-state index < -0.39 is 0 Å². The Bertz CT molecular complexity index is 569. The lowest BCUT2D eigenvalue weighted by Gasteiger charge is -2.06. The van der Waals surface area contributed by atoms with Gasteiger partial charge in [0.25, 0.3) is 0 Å². The molecule has 0 saturated carbocycles. The monoisotopic (exact) mass is 273 g/mol. The molecular formula is C14H15N3OS. The zero-order valence-electron chi connectivity index (χ0n) is 10.6. The number of hydrogen-bond acceptors (Lipinski definition) is 4. The normalized spacial score (nSPS) is 10.2. The molecule has 1 amide bonds. The number of hydrogen-bond donors (Lipinski definition) is 2. The van der Waals surface area contributed by atoms with E-state index in [2.05, 4.69) is 10.3 Å². The smallest absolute Gasteiger partial charge is 0.230 e. The number of carbonyl (C=O) groups excluding carboxylic acids is 1. The first kappa shape index (κ1) is 13.4. The SMILES string of the molecule is CSc1cccc(NC(=O)Cc2ccc(N)cn2)c1. The number of aromatic nitrogens is 1. The van der Waals surface area contributed by atoms with Crippen LogP contribution in [0.15, 0.2) is 47.5 Å². The van der Waals surface area contributed by atoms with Crippen LogP contribution in [-0.2, 0) is 11.2 Å². The Morgan fingerprint density at radius 3 is 2.89 bits per heavy atom. The summed E-state index contributed by atoms with van der Waals surface area (Å²) in [5.41, 5.74) is 7.64. The second-order valence-corrected chi connectivity index (χ2v) is 4.92. The molecule has 0 atom stereocenters. The van der Waals surface area contributed by atoms with Crippen LogP contribution in [-0.4, -0.2) is 17.1 Å². The van der Waals surface area contributed by atoms with Crippen molar-refractivity contribution < 1.29 is 4.79 Å². The van der Waals surface area contributed by atoms with Crippen molar-refractivity contribution in [1.82, 2.24) is 4.98 Å². The summed E-state index contributed by atoms with van der Waals surface area (Å²) in [6.45, 7) is 0. The van der Waals surface area contributed by atoms with Crippen molar-refractivity contribution in [2.24, 2.45) is 0 Å².